The Hall–Kier alpha value is -1.31. The van der Waals surface area contributed by atoms with Crippen LogP contribution in [0.2, 0.25) is 0 Å². The normalized spacial score (nSPS) is 10.7. The lowest BCUT2D eigenvalue weighted by atomic mass is 9.97. The van der Waals surface area contributed by atoms with Crippen molar-refractivity contribution >= 4 is 5.91 Å². The molecule has 0 fully saturated rings. The van der Waals surface area contributed by atoms with Crippen molar-refractivity contribution < 1.29 is 4.79 Å². The van der Waals surface area contributed by atoms with Crippen LogP contribution in [0.5, 0.6) is 0 Å². The molecule has 0 aliphatic rings. The molecule has 2 heteroatoms. The third-order valence-electron chi connectivity index (χ3n) is 3.23. The van der Waals surface area contributed by atoms with Crippen LogP contribution in [0.1, 0.15) is 50.7 Å². The predicted molar refractivity (Wildman–Crippen MR) is 76.3 cm³/mol. The molecule has 100 valence electrons. The summed E-state index contributed by atoms with van der Waals surface area (Å²) in [4.78, 5) is 12.1. The zero-order valence-electron chi connectivity index (χ0n) is 11.8. The maximum Gasteiger partial charge on any atom is 0.223 e. The van der Waals surface area contributed by atoms with Gasteiger partial charge in [0.2, 0.25) is 5.91 Å². The molecule has 0 spiro atoms. The Morgan fingerprint density at radius 1 is 1.11 bits per heavy atom. The van der Waals surface area contributed by atoms with Crippen LogP contribution < -0.4 is 5.32 Å². The zero-order chi connectivity index (χ0) is 13.4. The third-order valence-corrected chi connectivity index (χ3v) is 3.23. The molecule has 0 aliphatic carbocycles. The molecular weight excluding hydrogens is 222 g/mol. The highest BCUT2D eigenvalue weighted by atomic mass is 16.1. The summed E-state index contributed by atoms with van der Waals surface area (Å²) in [6.07, 6.45) is 4.13. The molecule has 18 heavy (non-hydrogen) atoms. The molecule has 1 aromatic rings. The zero-order valence-corrected chi connectivity index (χ0v) is 11.8. The van der Waals surface area contributed by atoms with E-state index in [1.807, 2.05) is 0 Å². The van der Waals surface area contributed by atoms with Crippen LogP contribution in [-0.4, -0.2) is 5.91 Å². The Morgan fingerprint density at radius 2 is 1.67 bits per heavy atom. The topological polar surface area (TPSA) is 29.1 Å². The Bertz CT molecular complexity index is 350. The van der Waals surface area contributed by atoms with E-state index in [4.69, 9.17) is 0 Å². The van der Waals surface area contributed by atoms with Crippen LogP contribution in [0.3, 0.4) is 0 Å². The maximum absolute atomic E-state index is 12.1. The summed E-state index contributed by atoms with van der Waals surface area (Å²) < 4.78 is 0. The number of carbonyl (C=O) groups excluding carboxylic acids is 1. The average Bonchev–Trinajstić information content (AvgIpc) is 2.37. The maximum atomic E-state index is 12.1. The van der Waals surface area contributed by atoms with E-state index in [1.54, 1.807) is 0 Å². The average molecular weight is 247 g/mol. The number of rotatable bonds is 7. The summed E-state index contributed by atoms with van der Waals surface area (Å²) in [6.45, 7) is 6.98. The molecule has 2 nitrogen and oxygen atoms in total. The van der Waals surface area contributed by atoms with Crippen LogP contribution in [0.25, 0.3) is 0 Å². The predicted octanol–water partition coefficient (Wildman–Crippen LogP) is 3.83. The van der Waals surface area contributed by atoms with E-state index in [1.165, 1.54) is 11.1 Å². The monoisotopic (exact) mass is 247 g/mol. The minimum absolute atomic E-state index is 0.186. The first-order chi connectivity index (χ1) is 8.67. The second kappa shape index (κ2) is 7.91. The molecule has 0 saturated carbocycles. The third kappa shape index (κ3) is 4.91. The molecule has 0 heterocycles. The first kappa shape index (κ1) is 14.7. The molecule has 1 rings (SSSR count). The van der Waals surface area contributed by atoms with Gasteiger partial charge in [-0.3, -0.25) is 4.79 Å². The van der Waals surface area contributed by atoms with Crippen LogP contribution in [0, 0.1) is 12.8 Å². The summed E-state index contributed by atoms with van der Waals surface area (Å²) in [5, 5.41) is 3.05. The second-order valence-corrected chi connectivity index (χ2v) is 4.98. The van der Waals surface area contributed by atoms with Gasteiger partial charge in [-0.2, -0.15) is 0 Å². The van der Waals surface area contributed by atoms with E-state index in [2.05, 4.69) is 50.4 Å². The van der Waals surface area contributed by atoms with Gasteiger partial charge in [0.15, 0.2) is 0 Å². The van der Waals surface area contributed by atoms with Gasteiger partial charge in [-0.25, -0.2) is 0 Å². The van der Waals surface area contributed by atoms with Crippen molar-refractivity contribution in [3.8, 4) is 0 Å². The fourth-order valence-electron chi connectivity index (χ4n) is 2.14. The summed E-state index contributed by atoms with van der Waals surface area (Å²) in [5.41, 5.74) is 2.42. The van der Waals surface area contributed by atoms with Crippen molar-refractivity contribution in [3.63, 3.8) is 0 Å². The summed E-state index contributed by atoms with van der Waals surface area (Å²) in [6, 6.07) is 8.31. The molecule has 0 radical (unpaired) electrons. The van der Waals surface area contributed by atoms with Gasteiger partial charge < -0.3 is 5.32 Å². The van der Waals surface area contributed by atoms with Gasteiger partial charge in [-0.05, 0) is 25.3 Å². The molecule has 0 saturated heterocycles. The van der Waals surface area contributed by atoms with Gasteiger partial charge in [0.05, 0.1) is 0 Å². The van der Waals surface area contributed by atoms with Gasteiger partial charge >= 0.3 is 0 Å². The van der Waals surface area contributed by atoms with Crippen molar-refractivity contribution in [2.45, 2.75) is 53.0 Å². The van der Waals surface area contributed by atoms with E-state index < -0.39 is 0 Å². The van der Waals surface area contributed by atoms with Gasteiger partial charge in [0.25, 0.3) is 0 Å². The number of hydrogen-bond donors (Lipinski definition) is 1. The van der Waals surface area contributed by atoms with Crippen molar-refractivity contribution in [1.29, 1.82) is 0 Å². The molecular formula is C16H25NO. The fourth-order valence-corrected chi connectivity index (χ4v) is 2.14. The first-order valence-corrected chi connectivity index (χ1v) is 7.00. The minimum Gasteiger partial charge on any atom is -0.352 e. The number of carbonyl (C=O) groups is 1. The lowest BCUT2D eigenvalue weighted by Gasteiger charge is -2.15. The highest BCUT2D eigenvalue weighted by Gasteiger charge is 2.15. The minimum atomic E-state index is 0.186. The largest absolute Gasteiger partial charge is 0.352 e. The van der Waals surface area contributed by atoms with Crippen molar-refractivity contribution in [1.82, 2.24) is 5.32 Å². The summed E-state index contributed by atoms with van der Waals surface area (Å²) >= 11 is 0. The van der Waals surface area contributed by atoms with E-state index in [9.17, 15) is 4.79 Å². The van der Waals surface area contributed by atoms with Crippen molar-refractivity contribution in [2.75, 3.05) is 0 Å². The van der Waals surface area contributed by atoms with Gasteiger partial charge in [-0.1, -0.05) is 56.5 Å². The van der Waals surface area contributed by atoms with E-state index in [-0.39, 0.29) is 11.8 Å². The second-order valence-electron chi connectivity index (χ2n) is 4.98. The van der Waals surface area contributed by atoms with E-state index >= 15 is 0 Å². The lowest BCUT2D eigenvalue weighted by Crippen LogP contribution is -2.30. The smallest absolute Gasteiger partial charge is 0.223 e. The number of amides is 1. The molecule has 0 aliphatic heterocycles. The van der Waals surface area contributed by atoms with Gasteiger partial charge in [-0.15, -0.1) is 0 Å². The SMILES string of the molecule is CCCC(CCC)C(=O)NCc1ccc(C)cc1. The van der Waals surface area contributed by atoms with E-state index in [0.717, 1.165) is 25.7 Å². The van der Waals surface area contributed by atoms with Gasteiger partial charge in [0.1, 0.15) is 0 Å². The van der Waals surface area contributed by atoms with Crippen LogP contribution in [-0.2, 0) is 11.3 Å². The molecule has 0 bridgehead atoms. The number of nitrogens with one attached hydrogen (secondary N) is 1. The Kier molecular flexibility index (Phi) is 6.48. The summed E-state index contributed by atoms with van der Waals surface area (Å²) in [5.74, 6) is 0.393. The molecule has 0 aromatic heterocycles. The summed E-state index contributed by atoms with van der Waals surface area (Å²) in [7, 11) is 0. The highest BCUT2D eigenvalue weighted by molar-refractivity contribution is 5.78. The number of aryl methyl sites for hydroxylation is 1. The Morgan fingerprint density at radius 3 is 2.17 bits per heavy atom. The molecule has 0 unspecified atom stereocenters. The molecule has 1 N–H and O–H groups in total. The molecule has 0 atom stereocenters. The standard InChI is InChI=1S/C16H25NO/c1-4-6-15(7-5-2)16(18)17-12-14-10-8-13(3)9-11-14/h8-11,15H,4-7,12H2,1-3H3,(H,17,18). The Labute approximate surface area is 111 Å². The van der Waals surface area contributed by atoms with E-state index in [0.29, 0.717) is 6.54 Å². The lowest BCUT2D eigenvalue weighted by molar-refractivity contribution is -0.125. The number of hydrogen-bond acceptors (Lipinski definition) is 1. The van der Waals surface area contributed by atoms with Crippen LogP contribution in [0.15, 0.2) is 24.3 Å². The highest BCUT2D eigenvalue weighted by Crippen LogP contribution is 2.14. The van der Waals surface area contributed by atoms with Crippen molar-refractivity contribution in [3.05, 3.63) is 35.4 Å². The molecule has 1 aromatic carbocycles. The van der Waals surface area contributed by atoms with Crippen molar-refractivity contribution in [2.24, 2.45) is 5.92 Å². The molecule has 1 amide bonds. The van der Waals surface area contributed by atoms with Crippen LogP contribution in [0.4, 0.5) is 0 Å². The van der Waals surface area contributed by atoms with Gasteiger partial charge in [0, 0.05) is 12.5 Å². The number of benzene rings is 1. The van der Waals surface area contributed by atoms with Crippen LogP contribution >= 0.6 is 0 Å². The fraction of sp³-hybridized carbons (Fsp3) is 0.562. The first-order valence-electron chi connectivity index (χ1n) is 7.00. The quantitative estimate of drug-likeness (QED) is 0.779. The Balaban J connectivity index is 2.45.